The molecule has 2 nitrogen and oxygen atoms in total. The van der Waals surface area contributed by atoms with E-state index in [1.807, 2.05) is 23.1 Å². The number of hydrogen-bond acceptors (Lipinski definition) is 4. The normalized spacial score (nSPS) is 10.8. The lowest BCUT2D eigenvalue weighted by atomic mass is 10.1. The first-order valence-electron chi connectivity index (χ1n) is 6.58. The van der Waals surface area contributed by atoms with E-state index in [2.05, 4.69) is 48.8 Å². The Hall–Kier alpha value is -0.840. The Morgan fingerprint density at radius 2 is 2.05 bits per heavy atom. The van der Waals surface area contributed by atoms with E-state index < -0.39 is 0 Å². The quantitative estimate of drug-likeness (QED) is 0.775. The first-order chi connectivity index (χ1) is 9.35. The Balaban J connectivity index is 2.23. The van der Waals surface area contributed by atoms with Gasteiger partial charge >= 0.3 is 0 Å². The fraction of sp³-hybridized carbons (Fsp3) is 0.400. The van der Waals surface area contributed by atoms with Crippen molar-refractivity contribution in [2.75, 3.05) is 12.8 Å². The van der Waals surface area contributed by atoms with Crippen LogP contribution in [0.2, 0.25) is 0 Å². The van der Waals surface area contributed by atoms with Gasteiger partial charge in [-0.15, -0.1) is 11.3 Å². The zero-order valence-electron chi connectivity index (χ0n) is 11.5. The van der Waals surface area contributed by atoms with Crippen molar-refractivity contribution in [3.63, 3.8) is 0 Å². The van der Waals surface area contributed by atoms with Crippen molar-refractivity contribution in [2.45, 2.75) is 25.6 Å². The Morgan fingerprint density at radius 1 is 1.26 bits per heavy atom. The highest BCUT2D eigenvalue weighted by molar-refractivity contribution is 7.97. The van der Waals surface area contributed by atoms with Gasteiger partial charge in [0.25, 0.3) is 0 Å². The van der Waals surface area contributed by atoms with Gasteiger partial charge in [0.2, 0.25) is 0 Å². The molecule has 0 amide bonds. The van der Waals surface area contributed by atoms with Crippen LogP contribution in [0.25, 0.3) is 10.4 Å². The molecule has 0 aliphatic carbocycles. The van der Waals surface area contributed by atoms with Crippen molar-refractivity contribution in [2.24, 2.45) is 0 Å². The van der Waals surface area contributed by atoms with Crippen molar-refractivity contribution in [3.8, 4) is 10.4 Å². The highest BCUT2D eigenvalue weighted by Crippen LogP contribution is 2.31. The van der Waals surface area contributed by atoms with Crippen LogP contribution in [-0.2, 0) is 12.3 Å². The van der Waals surface area contributed by atoms with E-state index in [1.54, 1.807) is 0 Å². The number of thiazole rings is 1. The molecule has 0 saturated heterocycles. The van der Waals surface area contributed by atoms with E-state index in [4.69, 9.17) is 4.98 Å². The Labute approximate surface area is 123 Å². The molecule has 0 bridgehead atoms. The van der Waals surface area contributed by atoms with Gasteiger partial charge in [-0.25, -0.2) is 4.98 Å². The summed E-state index contributed by atoms with van der Waals surface area (Å²) in [5.41, 5.74) is 2.47. The smallest absolute Gasteiger partial charge is 0.103 e. The molecule has 2 aromatic rings. The molecule has 0 atom stereocenters. The highest BCUT2D eigenvalue weighted by atomic mass is 32.2. The maximum atomic E-state index is 4.78. The standard InChI is InChI=1S/C15H20N2S2/c1-3-9-16-10-13-15(12-7-5-4-6-8-12)19-14(17-13)11-18-2/h4-8,16H,3,9-11H2,1-2H3. The van der Waals surface area contributed by atoms with Crippen LogP contribution < -0.4 is 5.32 Å². The van der Waals surface area contributed by atoms with Gasteiger partial charge in [0.1, 0.15) is 5.01 Å². The van der Waals surface area contributed by atoms with Crippen LogP contribution in [0, 0.1) is 0 Å². The molecule has 1 N–H and O–H groups in total. The van der Waals surface area contributed by atoms with E-state index in [0.717, 1.165) is 25.3 Å². The minimum absolute atomic E-state index is 0.864. The molecule has 0 aliphatic rings. The van der Waals surface area contributed by atoms with Crippen LogP contribution in [0.1, 0.15) is 24.0 Å². The largest absolute Gasteiger partial charge is 0.311 e. The number of nitrogens with one attached hydrogen (secondary N) is 1. The van der Waals surface area contributed by atoms with Crippen LogP contribution in [0.15, 0.2) is 30.3 Å². The topological polar surface area (TPSA) is 24.9 Å². The summed E-state index contributed by atoms with van der Waals surface area (Å²) in [5.74, 6) is 0.998. The van der Waals surface area contributed by atoms with Gasteiger partial charge in [0, 0.05) is 12.3 Å². The molecular formula is C15H20N2S2. The molecule has 1 heterocycles. The third kappa shape index (κ3) is 4.06. The van der Waals surface area contributed by atoms with Gasteiger partial charge in [-0.1, -0.05) is 37.3 Å². The summed E-state index contributed by atoms with van der Waals surface area (Å²) in [4.78, 5) is 6.10. The summed E-state index contributed by atoms with van der Waals surface area (Å²) >= 11 is 3.65. The number of nitrogens with zero attached hydrogens (tertiary/aromatic N) is 1. The lowest BCUT2D eigenvalue weighted by Gasteiger charge is -2.03. The van der Waals surface area contributed by atoms with E-state index in [1.165, 1.54) is 21.1 Å². The Bertz CT molecular complexity index is 494. The Morgan fingerprint density at radius 3 is 2.74 bits per heavy atom. The molecule has 1 aromatic heterocycles. The van der Waals surface area contributed by atoms with Crippen molar-refractivity contribution >= 4 is 23.1 Å². The molecule has 102 valence electrons. The first kappa shape index (κ1) is 14.6. The number of thioether (sulfide) groups is 1. The average Bonchev–Trinajstić information content (AvgIpc) is 2.84. The first-order valence-corrected chi connectivity index (χ1v) is 8.79. The molecule has 0 saturated carbocycles. The van der Waals surface area contributed by atoms with Crippen molar-refractivity contribution in [1.82, 2.24) is 10.3 Å². The summed E-state index contributed by atoms with van der Waals surface area (Å²) in [6.07, 6.45) is 3.28. The molecule has 0 aliphatic heterocycles. The zero-order chi connectivity index (χ0) is 13.5. The summed E-state index contributed by atoms with van der Waals surface area (Å²) in [5, 5.41) is 4.68. The van der Waals surface area contributed by atoms with Gasteiger partial charge in [0.05, 0.1) is 10.6 Å². The third-order valence-electron chi connectivity index (χ3n) is 2.76. The highest BCUT2D eigenvalue weighted by Gasteiger charge is 2.12. The molecule has 0 radical (unpaired) electrons. The lowest BCUT2D eigenvalue weighted by Crippen LogP contribution is -2.14. The van der Waals surface area contributed by atoms with E-state index in [0.29, 0.717) is 0 Å². The van der Waals surface area contributed by atoms with Crippen molar-refractivity contribution in [1.29, 1.82) is 0 Å². The van der Waals surface area contributed by atoms with Gasteiger partial charge in [-0.2, -0.15) is 11.8 Å². The van der Waals surface area contributed by atoms with Gasteiger partial charge < -0.3 is 5.32 Å². The van der Waals surface area contributed by atoms with Gasteiger partial charge in [-0.3, -0.25) is 0 Å². The summed E-state index contributed by atoms with van der Waals surface area (Å²) in [7, 11) is 0. The van der Waals surface area contributed by atoms with Crippen LogP contribution in [0.5, 0.6) is 0 Å². The van der Waals surface area contributed by atoms with Crippen LogP contribution in [0.3, 0.4) is 0 Å². The number of rotatable bonds is 7. The molecule has 2 rings (SSSR count). The van der Waals surface area contributed by atoms with Gasteiger partial charge in [0.15, 0.2) is 0 Å². The summed E-state index contributed by atoms with van der Waals surface area (Å²) in [6.45, 7) is 4.10. The fourth-order valence-corrected chi connectivity index (χ4v) is 3.69. The molecule has 0 fully saturated rings. The average molecular weight is 292 g/mol. The number of benzene rings is 1. The summed E-state index contributed by atoms with van der Waals surface area (Å²) in [6, 6.07) is 10.6. The Kier molecular flexibility index (Phi) is 5.89. The van der Waals surface area contributed by atoms with E-state index >= 15 is 0 Å². The van der Waals surface area contributed by atoms with E-state index in [9.17, 15) is 0 Å². The summed E-state index contributed by atoms with van der Waals surface area (Å²) < 4.78 is 0. The third-order valence-corrected chi connectivity index (χ3v) is 4.66. The van der Waals surface area contributed by atoms with Crippen LogP contribution in [-0.4, -0.2) is 17.8 Å². The molecule has 0 unspecified atom stereocenters. The van der Waals surface area contributed by atoms with Crippen LogP contribution >= 0.6 is 23.1 Å². The van der Waals surface area contributed by atoms with E-state index in [-0.39, 0.29) is 0 Å². The second kappa shape index (κ2) is 7.68. The van der Waals surface area contributed by atoms with Crippen LogP contribution in [0.4, 0.5) is 0 Å². The molecule has 4 heteroatoms. The van der Waals surface area contributed by atoms with Crippen molar-refractivity contribution in [3.05, 3.63) is 41.0 Å². The monoisotopic (exact) mass is 292 g/mol. The maximum absolute atomic E-state index is 4.78. The SMILES string of the molecule is CCCNCc1nc(CSC)sc1-c1ccccc1. The minimum atomic E-state index is 0.864. The van der Waals surface area contributed by atoms with Gasteiger partial charge in [-0.05, 0) is 24.8 Å². The predicted molar refractivity (Wildman–Crippen MR) is 86.8 cm³/mol. The maximum Gasteiger partial charge on any atom is 0.103 e. The lowest BCUT2D eigenvalue weighted by molar-refractivity contribution is 0.666. The minimum Gasteiger partial charge on any atom is -0.311 e. The molecular weight excluding hydrogens is 272 g/mol. The second-order valence-corrected chi connectivity index (χ2v) is 6.31. The number of hydrogen-bond donors (Lipinski definition) is 1. The molecule has 1 aromatic carbocycles. The fourth-order valence-electron chi connectivity index (χ4n) is 1.90. The molecule has 19 heavy (non-hydrogen) atoms. The predicted octanol–water partition coefficient (Wildman–Crippen LogP) is 4.17. The van der Waals surface area contributed by atoms with Crippen molar-refractivity contribution < 1.29 is 0 Å². The number of aromatic nitrogens is 1. The molecule has 0 spiro atoms. The zero-order valence-corrected chi connectivity index (χ0v) is 13.1. The second-order valence-electron chi connectivity index (χ2n) is 4.36.